The van der Waals surface area contributed by atoms with Gasteiger partial charge >= 0.3 is 5.97 Å². The molecule has 1 amide bonds. The van der Waals surface area contributed by atoms with Gasteiger partial charge in [0, 0.05) is 13.0 Å². The number of thioether (sulfide) groups is 1. The molecule has 0 saturated carbocycles. The third kappa shape index (κ3) is 4.87. The van der Waals surface area contributed by atoms with E-state index in [1.807, 2.05) is 0 Å². The number of esters is 1. The molecule has 0 bridgehead atoms. The van der Waals surface area contributed by atoms with Gasteiger partial charge in [-0.1, -0.05) is 36.1 Å². The van der Waals surface area contributed by atoms with E-state index in [1.54, 1.807) is 25.1 Å². The van der Waals surface area contributed by atoms with E-state index < -0.39 is 0 Å². The average Bonchev–Trinajstić information content (AvgIpc) is 2.75. The monoisotopic (exact) mass is 353 g/mol. The van der Waals surface area contributed by atoms with Crippen molar-refractivity contribution in [3.63, 3.8) is 0 Å². The first kappa shape index (κ1) is 17.6. The number of hydrogen-bond donors (Lipinski definition) is 0. The molecule has 1 heterocycles. The van der Waals surface area contributed by atoms with Gasteiger partial charge in [0.15, 0.2) is 0 Å². The molecule has 1 aromatic rings. The molecule has 1 aliphatic rings. The highest BCUT2D eigenvalue weighted by Gasteiger charge is 2.31. The molecule has 1 fully saturated rings. The fourth-order valence-electron chi connectivity index (χ4n) is 2.06. The molecule has 1 saturated heterocycles. The van der Waals surface area contributed by atoms with E-state index in [9.17, 15) is 14.0 Å². The molecule has 0 radical (unpaired) electrons. The van der Waals surface area contributed by atoms with Crippen LogP contribution < -0.4 is 0 Å². The van der Waals surface area contributed by atoms with Gasteiger partial charge in [-0.05, 0) is 37.1 Å². The average molecular weight is 353 g/mol. The minimum atomic E-state index is -0.358. The first-order valence-electron chi connectivity index (χ1n) is 7.18. The number of benzene rings is 1. The first-order chi connectivity index (χ1) is 11.0. The number of thiocarbonyl (C=S) groups is 1. The third-order valence-corrected chi connectivity index (χ3v) is 4.47. The maximum absolute atomic E-state index is 13.2. The van der Waals surface area contributed by atoms with Crippen molar-refractivity contribution in [2.24, 2.45) is 0 Å². The second kappa shape index (κ2) is 8.21. The Bertz CT molecular complexity index is 660. The maximum atomic E-state index is 13.2. The molecule has 0 aromatic heterocycles. The smallest absolute Gasteiger partial charge is 0.305 e. The van der Waals surface area contributed by atoms with E-state index in [2.05, 4.69) is 0 Å². The molecular formula is C16H16FNO3S2. The summed E-state index contributed by atoms with van der Waals surface area (Å²) in [6.07, 6.45) is 2.35. The van der Waals surface area contributed by atoms with Crippen LogP contribution in [0.2, 0.25) is 0 Å². The Morgan fingerprint density at radius 2 is 2.26 bits per heavy atom. The third-order valence-electron chi connectivity index (χ3n) is 3.09. The minimum Gasteiger partial charge on any atom is -0.466 e. The maximum Gasteiger partial charge on any atom is 0.305 e. The summed E-state index contributed by atoms with van der Waals surface area (Å²) in [5.74, 6) is -0.856. The van der Waals surface area contributed by atoms with Crippen molar-refractivity contribution in [2.75, 3.05) is 13.2 Å². The predicted molar refractivity (Wildman–Crippen MR) is 92.1 cm³/mol. The van der Waals surface area contributed by atoms with Crippen molar-refractivity contribution < 1.29 is 18.7 Å². The first-order valence-corrected chi connectivity index (χ1v) is 8.40. The molecule has 23 heavy (non-hydrogen) atoms. The lowest BCUT2D eigenvalue weighted by Gasteiger charge is -2.13. The lowest BCUT2D eigenvalue weighted by atomic mass is 10.2. The summed E-state index contributed by atoms with van der Waals surface area (Å²) in [4.78, 5) is 25.6. The van der Waals surface area contributed by atoms with E-state index in [0.29, 0.717) is 34.4 Å². The van der Waals surface area contributed by atoms with Crippen molar-refractivity contribution in [3.05, 3.63) is 40.6 Å². The number of nitrogens with zero attached hydrogens (tertiary/aromatic N) is 1. The molecule has 7 heteroatoms. The van der Waals surface area contributed by atoms with Gasteiger partial charge in [0.1, 0.15) is 10.1 Å². The van der Waals surface area contributed by atoms with Gasteiger partial charge in [-0.3, -0.25) is 14.5 Å². The zero-order valence-electron chi connectivity index (χ0n) is 12.6. The van der Waals surface area contributed by atoms with Crippen LogP contribution in [0.15, 0.2) is 29.2 Å². The Hall–Kier alpha value is -1.73. The van der Waals surface area contributed by atoms with Crippen LogP contribution in [-0.4, -0.2) is 34.2 Å². The Balaban J connectivity index is 1.98. The fraction of sp³-hybridized carbons (Fsp3) is 0.312. The van der Waals surface area contributed by atoms with Crippen LogP contribution in [-0.2, 0) is 14.3 Å². The van der Waals surface area contributed by atoms with Crippen molar-refractivity contribution in [2.45, 2.75) is 19.8 Å². The van der Waals surface area contributed by atoms with Crippen molar-refractivity contribution >= 4 is 46.3 Å². The zero-order valence-corrected chi connectivity index (χ0v) is 14.2. The van der Waals surface area contributed by atoms with Gasteiger partial charge < -0.3 is 4.74 Å². The summed E-state index contributed by atoms with van der Waals surface area (Å²) in [6.45, 7) is 2.46. The summed E-state index contributed by atoms with van der Waals surface area (Å²) in [5, 5.41) is 0. The number of halogens is 1. The molecule has 0 spiro atoms. The second-order valence-electron chi connectivity index (χ2n) is 4.80. The number of amides is 1. The number of carbonyl (C=O) groups is 2. The van der Waals surface area contributed by atoms with Gasteiger partial charge in [-0.2, -0.15) is 0 Å². The van der Waals surface area contributed by atoms with Gasteiger partial charge in [-0.15, -0.1) is 0 Å². The molecule has 2 rings (SSSR count). The predicted octanol–water partition coefficient (Wildman–Crippen LogP) is 3.37. The fourth-order valence-corrected chi connectivity index (χ4v) is 3.36. The molecule has 0 unspecified atom stereocenters. The topological polar surface area (TPSA) is 46.6 Å². The van der Waals surface area contributed by atoms with Gasteiger partial charge in [0.2, 0.25) is 0 Å². The number of rotatable bonds is 6. The molecule has 0 aliphatic carbocycles. The van der Waals surface area contributed by atoms with Crippen molar-refractivity contribution in [3.8, 4) is 0 Å². The Morgan fingerprint density at radius 1 is 1.48 bits per heavy atom. The SMILES string of the molecule is CCOC(=O)CCCN1C(=O)/C(=C/c2cccc(F)c2)SC1=S. The highest BCUT2D eigenvalue weighted by molar-refractivity contribution is 8.26. The molecule has 1 aliphatic heterocycles. The summed E-state index contributed by atoms with van der Waals surface area (Å²) in [5.41, 5.74) is 0.608. The highest BCUT2D eigenvalue weighted by atomic mass is 32.2. The van der Waals surface area contributed by atoms with Crippen molar-refractivity contribution in [1.82, 2.24) is 4.90 Å². The van der Waals surface area contributed by atoms with E-state index in [0.717, 1.165) is 0 Å². The van der Waals surface area contributed by atoms with E-state index in [-0.39, 0.29) is 24.1 Å². The zero-order chi connectivity index (χ0) is 16.8. The summed E-state index contributed by atoms with van der Waals surface area (Å²) in [6, 6.07) is 6.00. The summed E-state index contributed by atoms with van der Waals surface area (Å²) < 4.78 is 18.5. The molecule has 4 nitrogen and oxygen atoms in total. The summed E-state index contributed by atoms with van der Waals surface area (Å²) in [7, 11) is 0. The van der Waals surface area contributed by atoms with E-state index >= 15 is 0 Å². The number of hydrogen-bond acceptors (Lipinski definition) is 5. The summed E-state index contributed by atoms with van der Waals surface area (Å²) >= 11 is 6.39. The van der Waals surface area contributed by atoms with Crippen LogP contribution >= 0.6 is 24.0 Å². The largest absolute Gasteiger partial charge is 0.466 e. The molecule has 122 valence electrons. The van der Waals surface area contributed by atoms with Gasteiger partial charge in [0.05, 0.1) is 11.5 Å². The van der Waals surface area contributed by atoms with E-state index in [1.165, 1.54) is 28.8 Å². The Labute approximate surface area is 143 Å². The van der Waals surface area contributed by atoms with Crippen LogP contribution in [0, 0.1) is 5.82 Å². The van der Waals surface area contributed by atoms with Crippen LogP contribution in [0.5, 0.6) is 0 Å². The van der Waals surface area contributed by atoms with Crippen molar-refractivity contribution in [1.29, 1.82) is 0 Å². The highest BCUT2D eigenvalue weighted by Crippen LogP contribution is 2.32. The minimum absolute atomic E-state index is 0.215. The van der Waals surface area contributed by atoms with Crippen LogP contribution in [0.1, 0.15) is 25.3 Å². The van der Waals surface area contributed by atoms with Crippen LogP contribution in [0.4, 0.5) is 4.39 Å². The van der Waals surface area contributed by atoms with Crippen LogP contribution in [0.25, 0.3) is 6.08 Å². The van der Waals surface area contributed by atoms with Gasteiger partial charge in [-0.25, -0.2) is 4.39 Å². The molecule has 0 atom stereocenters. The van der Waals surface area contributed by atoms with Gasteiger partial charge in [0.25, 0.3) is 5.91 Å². The quantitative estimate of drug-likeness (QED) is 0.446. The molecule has 1 aromatic carbocycles. The van der Waals surface area contributed by atoms with Crippen LogP contribution in [0.3, 0.4) is 0 Å². The number of carbonyl (C=O) groups excluding carboxylic acids is 2. The Kier molecular flexibility index (Phi) is 6.29. The molecular weight excluding hydrogens is 337 g/mol. The standard InChI is InChI=1S/C16H16FNO3S2/c1-2-21-14(19)7-4-8-18-15(20)13(23-16(18)22)10-11-5-3-6-12(17)9-11/h3,5-6,9-10H,2,4,7-8H2,1H3/b13-10-. The Morgan fingerprint density at radius 3 is 2.96 bits per heavy atom. The molecule has 0 N–H and O–H groups in total. The lowest BCUT2D eigenvalue weighted by Crippen LogP contribution is -2.29. The van der Waals surface area contributed by atoms with E-state index in [4.69, 9.17) is 17.0 Å². The lowest BCUT2D eigenvalue weighted by molar-refractivity contribution is -0.143. The second-order valence-corrected chi connectivity index (χ2v) is 6.47. The normalized spacial score (nSPS) is 16.3. The number of ether oxygens (including phenoxy) is 1.